The third-order valence-electron chi connectivity index (χ3n) is 4.74. The van der Waals surface area contributed by atoms with Crippen LogP contribution in [0.5, 0.6) is 0 Å². The highest BCUT2D eigenvalue weighted by atomic mass is 16.5. The zero-order chi connectivity index (χ0) is 19.5. The van der Waals surface area contributed by atoms with Crippen molar-refractivity contribution in [2.75, 3.05) is 0 Å². The second-order valence-corrected chi connectivity index (χ2v) is 6.89. The van der Waals surface area contributed by atoms with Crippen molar-refractivity contribution in [1.29, 1.82) is 0 Å². The second-order valence-electron chi connectivity index (χ2n) is 6.89. The lowest BCUT2D eigenvalue weighted by Gasteiger charge is -2.06. The number of pyridine rings is 1. The summed E-state index contributed by atoms with van der Waals surface area (Å²) in [5, 5.41) is 1.19. The molecule has 3 heterocycles. The smallest absolute Gasteiger partial charge is 0.306 e. The van der Waals surface area contributed by atoms with Crippen LogP contribution in [0.15, 0.2) is 59.7 Å². The van der Waals surface area contributed by atoms with Crippen LogP contribution in [0.25, 0.3) is 16.6 Å². The van der Waals surface area contributed by atoms with Crippen molar-refractivity contribution in [2.45, 2.75) is 32.8 Å². The number of fused-ring (bicyclic) bond motifs is 2. The standard InChI is InChI=1S/C22H21N3O3/c1-15-9-10-20-24-17(11-21(26)25(20)13-15)14-28-22(27)8-4-5-16-12-23-19-7-3-2-6-18(16)19/h2-3,6-7,9-13,23H,4-5,8,14H2,1H3. The van der Waals surface area contributed by atoms with Gasteiger partial charge in [-0.1, -0.05) is 24.3 Å². The lowest BCUT2D eigenvalue weighted by Crippen LogP contribution is -2.16. The fourth-order valence-corrected chi connectivity index (χ4v) is 3.32. The summed E-state index contributed by atoms with van der Waals surface area (Å²) in [7, 11) is 0. The first-order valence-corrected chi connectivity index (χ1v) is 9.30. The highest BCUT2D eigenvalue weighted by molar-refractivity contribution is 5.83. The predicted molar refractivity (Wildman–Crippen MR) is 107 cm³/mol. The average Bonchev–Trinajstić information content (AvgIpc) is 3.10. The molecule has 6 nitrogen and oxygen atoms in total. The Morgan fingerprint density at radius 1 is 1.21 bits per heavy atom. The molecule has 0 aliphatic rings. The Hall–Kier alpha value is -3.41. The fraction of sp³-hybridized carbons (Fsp3) is 0.227. The second kappa shape index (κ2) is 7.68. The molecule has 0 unspecified atom stereocenters. The predicted octanol–water partition coefficient (Wildman–Crippen LogP) is 3.55. The number of H-pyrrole nitrogens is 1. The maximum Gasteiger partial charge on any atom is 0.306 e. The highest BCUT2D eigenvalue weighted by Crippen LogP contribution is 2.19. The van der Waals surface area contributed by atoms with E-state index in [4.69, 9.17) is 4.74 Å². The minimum atomic E-state index is -0.286. The van der Waals surface area contributed by atoms with Crippen molar-refractivity contribution in [3.05, 3.63) is 82.0 Å². The summed E-state index contributed by atoms with van der Waals surface area (Å²) >= 11 is 0. The van der Waals surface area contributed by atoms with E-state index in [2.05, 4.69) is 16.0 Å². The van der Waals surface area contributed by atoms with Gasteiger partial charge in [0.1, 0.15) is 12.3 Å². The number of hydrogen-bond acceptors (Lipinski definition) is 4. The van der Waals surface area contributed by atoms with E-state index in [0.717, 1.165) is 17.5 Å². The van der Waals surface area contributed by atoms with Crippen molar-refractivity contribution < 1.29 is 9.53 Å². The first kappa shape index (κ1) is 18.0. The van der Waals surface area contributed by atoms with Gasteiger partial charge < -0.3 is 9.72 Å². The Morgan fingerprint density at radius 2 is 2.07 bits per heavy atom. The molecular weight excluding hydrogens is 354 g/mol. The Morgan fingerprint density at radius 3 is 2.96 bits per heavy atom. The summed E-state index contributed by atoms with van der Waals surface area (Å²) in [4.78, 5) is 31.9. The molecule has 0 atom stereocenters. The van der Waals surface area contributed by atoms with Crippen LogP contribution in [0.1, 0.15) is 29.7 Å². The SMILES string of the molecule is Cc1ccc2nc(COC(=O)CCCc3c[nH]c4ccccc34)cc(=O)n2c1. The number of carbonyl (C=O) groups is 1. The van der Waals surface area contributed by atoms with Gasteiger partial charge in [-0.3, -0.25) is 14.0 Å². The molecule has 0 spiro atoms. The van der Waals surface area contributed by atoms with E-state index in [1.807, 2.05) is 37.4 Å². The molecule has 1 aromatic carbocycles. The molecule has 0 saturated carbocycles. The van der Waals surface area contributed by atoms with Crippen molar-refractivity contribution in [3.63, 3.8) is 0 Å². The number of benzene rings is 1. The maximum atomic E-state index is 12.2. The van der Waals surface area contributed by atoms with E-state index in [1.54, 1.807) is 12.3 Å². The molecule has 28 heavy (non-hydrogen) atoms. The average molecular weight is 375 g/mol. The van der Waals surface area contributed by atoms with Crippen molar-refractivity contribution in [2.24, 2.45) is 0 Å². The van der Waals surface area contributed by atoms with Crippen LogP contribution in [0.4, 0.5) is 0 Å². The van der Waals surface area contributed by atoms with Crippen molar-refractivity contribution in [3.8, 4) is 0 Å². The van der Waals surface area contributed by atoms with Gasteiger partial charge >= 0.3 is 5.97 Å². The van der Waals surface area contributed by atoms with Gasteiger partial charge in [-0.05, 0) is 43.0 Å². The number of nitrogens with zero attached hydrogens (tertiary/aromatic N) is 2. The zero-order valence-electron chi connectivity index (χ0n) is 15.6. The number of aromatic amines is 1. The quantitative estimate of drug-likeness (QED) is 0.523. The minimum Gasteiger partial charge on any atom is -0.459 e. The Balaban J connectivity index is 1.32. The number of aryl methyl sites for hydroxylation is 2. The Bertz CT molecular complexity index is 1210. The van der Waals surface area contributed by atoms with Gasteiger partial charge in [-0.25, -0.2) is 4.98 Å². The molecule has 0 aliphatic carbocycles. The molecule has 4 rings (SSSR count). The molecule has 4 aromatic rings. The first-order valence-electron chi connectivity index (χ1n) is 9.30. The number of esters is 1. The summed E-state index contributed by atoms with van der Waals surface area (Å²) in [6, 6.07) is 13.2. The fourth-order valence-electron chi connectivity index (χ4n) is 3.32. The number of rotatable bonds is 6. The summed E-state index contributed by atoms with van der Waals surface area (Å²) in [6.07, 6.45) is 5.56. The first-order chi connectivity index (χ1) is 13.6. The lowest BCUT2D eigenvalue weighted by atomic mass is 10.1. The van der Waals surface area contributed by atoms with Gasteiger partial charge in [0, 0.05) is 35.8 Å². The van der Waals surface area contributed by atoms with Crippen molar-refractivity contribution >= 4 is 22.5 Å². The van der Waals surface area contributed by atoms with E-state index in [9.17, 15) is 9.59 Å². The van der Waals surface area contributed by atoms with Crippen LogP contribution in [-0.4, -0.2) is 20.3 Å². The number of hydrogen-bond donors (Lipinski definition) is 1. The van der Waals surface area contributed by atoms with Crippen LogP contribution in [-0.2, 0) is 22.6 Å². The molecule has 0 bridgehead atoms. The summed E-state index contributed by atoms with van der Waals surface area (Å²) in [5.41, 5.74) is 4.10. The molecule has 0 fully saturated rings. The van der Waals surface area contributed by atoms with Crippen molar-refractivity contribution in [1.82, 2.24) is 14.4 Å². The number of carbonyl (C=O) groups excluding carboxylic acids is 1. The van der Waals surface area contributed by atoms with Crippen LogP contribution in [0.3, 0.4) is 0 Å². The normalized spacial score (nSPS) is 11.2. The molecule has 3 aromatic heterocycles. The molecule has 142 valence electrons. The number of aromatic nitrogens is 3. The largest absolute Gasteiger partial charge is 0.459 e. The van der Waals surface area contributed by atoms with E-state index in [0.29, 0.717) is 24.2 Å². The Kier molecular flexibility index (Phi) is 4.93. The van der Waals surface area contributed by atoms with Crippen LogP contribution in [0, 0.1) is 6.92 Å². The van der Waals surface area contributed by atoms with Gasteiger partial charge in [0.05, 0.1) is 5.69 Å². The highest BCUT2D eigenvalue weighted by Gasteiger charge is 2.09. The molecule has 0 saturated heterocycles. The molecule has 0 radical (unpaired) electrons. The number of ether oxygens (including phenoxy) is 1. The molecule has 6 heteroatoms. The molecule has 0 aliphatic heterocycles. The van der Waals surface area contributed by atoms with E-state index in [-0.39, 0.29) is 18.1 Å². The summed E-state index contributed by atoms with van der Waals surface area (Å²) in [5.74, 6) is -0.286. The summed E-state index contributed by atoms with van der Waals surface area (Å²) < 4.78 is 6.79. The van der Waals surface area contributed by atoms with Crippen LogP contribution < -0.4 is 5.56 Å². The van der Waals surface area contributed by atoms with Gasteiger partial charge in [0.15, 0.2) is 0 Å². The molecular formula is C22H21N3O3. The molecule has 1 N–H and O–H groups in total. The van der Waals surface area contributed by atoms with Gasteiger partial charge in [-0.2, -0.15) is 0 Å². The zero-order valence-corrected chi connectivity index (χ0v) is 15.6. The van der Waals surface area contributed by atoms with Crippen LogP contribution in [0.2, 0.25) is 0 Å². The van der Waals surface area contributed by atoms with E-state index >= 15 is 0 Å². The Labute approximate surface area is 161 Å². The van der Waals surface area contributed by atoms with Gasteiger partial charge in [-0.15, -0.1) is 0 Å². The molecule has 0 amide bonds. The number of para-hydroxylation sites is 1. The third-order valence-corrected chi connectivity index (χ3v) is 4.74. The van der Waals surface area contributed by atoms with Gasteiger partial charge in [0.2, 0.25) is 0 Å². The van der Waals surface area contributed by atoms with Gasteiger partial charge in [0.25, 0.3) is 5.56 Å². The van der Waals surface area contributed by atoms with Crippen LogP contribution >= 0.6 is 0 Å². The third kappa shape index (κ3) is 3.81. The minimum absolute atomic E-state index is 0.00549. The summed E-state index contributed by atoms with van der Waals surface area (Å²) in [6.45, 7) is 1.92. The van der Waals surface area contributed by atoms with E-state index in [1.165, 1.54) is 21.4 Å². The van der Waals surface area contributed by atoms with E-state index < -0.39 is 0 Å². The maximum absolute atomic E-state index is 12.2. The monoisotopic (exact) mass is 375 g/mol. The topological polar surface area (TPSA) is 76.5 Å². The number of nitrogens with one attached hydrogen (secondary N) is 1. The lowest BCUT2D eigenvalue weighted by molar-refractivity contribution is -0.145.